The van der Waals surface area contributed by atoms with Crippen LogP contribution >= 0.6 is 0 Å². The molecule has 0 saturated heterocycles. The average molecular weight is 484 g/mol. The number of pyridine rings is 1. The van der Waals surface area contributed by atoms with Gasteiger partial charge < -0.3 is 20.1 Å². The van der Waals surface area contributed by atoms with Gasteiger partial charge in [0.2, 0.25) is 5.91 Å². The summed E-state index contributed by atoms with van der Waals surface area (Å²) < 4.78 is 44.8. The molecule has 2 heterocycles. The predicted molar refractivity (Wildman–Crippen MR) is 119 cm³/mol. The number of halogens is 3. The molecule has 1 aromatic heterocycles. The zero-order chi connectivity index (χ0) is 25.5. The molecule has 3 rings (SSSR count). The van der Waals surface area contributed by atoms with Crippen LogP contribution < -0.4 is 5.32 Å². The first-order chi connectivity index (χ1) is 15.5. The van der Waals surface area contributed by atoms with E-state index in [0.29, 0.717) is 24.2 Å². The minimum Gasteiger partial charge on any atom is -0.444 e. The number of aromatic nitrogens is 1. The Morgan fingerprint density at radius 2 is 1.88 bits per heavy atom. The molecule has 188 valence electrons. The molecule has 0 saturated carbocycles. The Bertz CT molecular complexity index is 964. The van der Waals surface area contributed by atoms with Gasteiger partial charge in [0.1, 0.15) is 5.60 Å². The van der Waals surface area contributed by atoms with Crippen molar-refractivity contribution in [1.82, 2.24) is 15.2 Å². The number of fused-ring (bicyclic) bond motifs is 1. The third kappa shape index (κ3) is 6.49. The highest BCUT2D eigenvalue weighted by molar-refractivity contribution is 5.82. The molecule has 34 heavy (non-hydrogen) atoms. The number of hydrogen-bond acceptors (Lipinski definition) is 5. The lowest BCUT2D eigenvalue weighted by atomic mass is 9.83. The molecule has 2 N–H and O–H groups in total. The van der Waals surface area contributed by atoms with Gasteiger partial charge in [0.15, 0.2) is 0 Å². The molecule has 2 aliphatic rings. The zero-order valence-corrected chi connectivity index (χ0v) is 20.1. The van der Waals surface area contributed by atoms with Crippen LogP contribution in [-0.4, -0.2) is 50.8 Å². The van der Waals surface area contributed by atoms with E-state index in [1.54, 1.807) is 46.8 Å². The molecule has 7 nitrogen and oxygen atoms in total. The van der Waals surface area contributed by atoms with Crippen molar-refractivity contribution in [2.24, 2.45) is 11.8 Å². The van der Waals surface area contributed by atoms with Crippen LogP contribution in [0, 0.1) is 11.8 Å². The van der Waals surface area contributed by atoms with Crippen molar-refractivity contribution in [3.05, 3.63) is 41.2 Å². The third-order valence-electron chi connectivity index (χ3n) is 5.80. The Hall–Kier alpha value is -2.62. The van der Waals surface area contributed by atoms with Gasteiger partial charge in [0.25, 0.3) is 0 Å². The highest BCUT2D eigenvalue weighted by atomic mass is 19.4. The van der Waals surface area contributed by atoms with Crippen molar-refractivity contribution in [3.63, 3.8) is 0 Å². The normalized spacial score (nSPS) is 23.0. The van der Waals surface area contributed by atoms with Crippen molar-refractivity contribution in [3.8, 4) is 0 Å². The minimum atomic E-state index is -4.52. The molecule has 1 aromatic rings. The number of alkyl carbamates (subject to hydrolysis) is 1. The SMILES string of the molecule is CC(C)(O)C[C@@H]1C=C[C@@H](NC(=O)OC(C)(C)C)[C@H]1C(=O)N1CCc2ncc(C(F)(F)F)cc2C1. The van der Waals surface area contributed by atoms with Crippen LogP contribution in [0.25, 0.3) is 0 Å². The summed E-state index contributed by atoms with van der Waals surface area (Å²) in [5, 5.41) is 13.1. The molecule has 0 fully saturated rings. The van der Waals surface area contributed by atoms with Crippen LogP contribution in [0.15, 0.2) is 24.4 Å². The zero-order valence-electron chi connectivity index (χ0n) is 20.1. The number of alkyl halides is 3. The number of carbonyl (C=O) groups is 2. The van der Waals surface area contributed by atoms with Crippen LogP contribution in [0.3, 0.4) is 0 Å². The van der Waals surface area contributed by atoms with Gasteiger partial charge in [0.05, 0.1) is 23.1 Å². The lowest BCUT2D eigenvalue weighted by molar-refractivity contribution is -0.138. The summed E-state index contributed by atoms with van der Waals surface area (Å²) in [5.41, 5.74) is -1.74. The van der Waals surface area contributed by atoms with Crippen LogP contribution in [0.2, 0.25) is 0 Å². The molecule has 0 radical (unpaired) electrons. The fourth-order valence-electron chi connectivity index (χ4n) is 4.44. The highest BCUT2D eigenvalue weighted by Gasteiger charge is 2.43. The topological polar surface area (TPSA) is 91.8 Å². The summed E-state index contributed by atoms with van der Waals surface area (Å²) in [6.45, 7) is 8.75. The molecule has 0 unspecified atom stereocenters. The maximum absolute atomic E-state index is 13.6. The summed E-state index contributed by atoms with van der Waals surface area (Å²) in [6.07, 6.45) is -0.266. The van der Waals surface area contributed by atoms with Gasteiger partial charge >= 0.3 is 12.3 Å². The Kier molecular flexibility index (Phi) is 7.04. The fourth-order valence-corrected chi connectivity index (χ4v) is 4.44. The lowest BCUT2D eigenvalue weighted by Gasteiger charge is -2.35. The maximum atomic E-state index is 13.6. The van der Waals surface area contributed by atoms with Gasteiger partial charge in [-0.1, -0.05) is 12.2 Å². The molecule has 10 heteroatoms. The van der Waals surface area contributed by atoms with E-state index in [0.717, 1.165) is 12.3 Å². The van der Waals surface area contributed by atoms with E-state index in [1.165, 1.54) is 4.90 Å². The number of aliphatic hydroxyl groups is 1. The fraction of sp³-hybridized carbons (Fsp3) is 0.625. The molecule has 1 aliphatic carbocycles. The molecule has 3 atom stereocenters. The van der Waals surface area contributed by atoms with E-state index in [-0.39, 0.29) is 24.8 Å². The second-order valence-electron chi connectivity index (χ2n) is 10.6. The maximum Gasteiger partial charge on any atom is 0.417 e. The van der Waals surface area contributed by atoms with Crippen LogP contribution in [0.5, 0.6) is 0 Å². The van der Waals surface area contributed by atoms with Gasteiger partial charge in [-0.3, -0.25) is 9.78 Å². The Morgan fingerprint density at radius 3 is 2.47 bits per heavy atom. The number of nitrogens with zero attached hydrogens (tertiary/aromatic N) is 2. The van der Waals surface area contributed by atoms with E-state index in [9.17, 15) is 27.9 Å². The first-order valence-electron chi connectivity index (χ1n) is 11.3. The van der Waals surface area contributed by atoms with Crippen LogP contribution in [0.4, 0.5) is 18.0 Å². The van der Waals surface area contributed by atoms with E-state index in [1.807, 2.05) is 0 Å². The number of amides is 2. The Balaban J connectivity index is 1.82. The quantitative estimate of drug-likeness (QED) is 0.635. The predicted octanol–water partition coefficient (Wildman–Crippen LogP) is 3.84. The van der Waals surface area contributed by atoms with E-state index in [2.05, 4.69) is 10.3 Å². The first kappa shape index (κ1) is 26.0. The molecular weight excluding hydrogens is 451 g/mol. The lowest BCUT2D eigenvalue weighted by Crippen LogP contribution is -2.50. The number of rotatable bonds is 4. The Labute approximate surface area is 197 Å². The summed E-state index contributed by atoms with van der Waals surface area (Å²) in [4.78, 5) is 31.5. The molecule has 0 spiro atoms. The van der Waals surface area contributed by atoms with Crippen molar-refractivity contribution < 1.29 is 32.6 Å². The molecule has 1 aliphatic heterocycles. The van der Waals surface area contributed by atoms with Gasteiger partial charge in [-0.25, -0.2) is 4.79 Å². The van der Waals surface area contributed by atoms with E-state index >= 15 is 0 Å². The summed E-state index contributed by atoms with van der Waals surface area (Å²) >= 11 is 0. The van der Waals surface area contributed by atoms with Crippen molar-refractivity contribution in [2.75, 3.05) is 6.54 Å². The second kappa shape index (κ2) is 9.20. The monoisotopic (exact) mass is 483 g/mol. The number of ether oxygens (including phenoxy) is 1. The van der Waals surface area contributed by atoms with Gasteiger partial charge in [-0.05, 0) is 58.6 Å². The van der Waals surface area contributed by atoms with E-state index in [4.69, 9.17) is 4.74 Å². The van der Waals surface area contributed by atoms with Gasteiger partial charge in [-0.15, -0.1) is 0 Å². The largest absolute Gasteiger partial charge is 0.444 e. The van der Waals surface area contributed by atoms with Crippen molar-refractivity contribution in [2.45, 2.75) is 77.4 Å². The number of carbonyl (C=O) groups excluding carboxylic acids is 2. The van der Waals surface area contributed by atoms with Crippen LogP contribution in [-0.2, 0) is 28.7 Å². The minimum absolute atomic E-state index is 0.00399. The first-order valence-corrected chi connectivity index (χ1v) is 11.3. The highest BCUT2D eigenvalue weighted by Crippen LogP contribution is 2.36. The summed E-state index contributed by atoms with van der Waals surface area (Å²) in [7, 11) is 0. The number of hydrogen-bond donors (Lipinski definition) is 2. The third-order valence-corrected chi connectivity index (χ3v) is 5.80. The summed E-state index contributed by atoms with van der Waals surface area (Å²) in [6, 6.07) is 0.370. The molecule has 0 bridgehead atoms. The summed E-state index contributed by atoms with van der Waals surface area (Å²) in [5.74, 6) is -1.39. The van der Waals surface area contributed by atoms with Crippen LogP contribution in [0.1, 0.15) is 57.9 Å². The number of nitrogens with one attached hydrogen (secondary N) is 1. The number of allylic oxidation sites excluding steroid dienone is 1. The smallest absolute Gasteiger partial charge is 0.417 e. The molecule has 2 amide bonds. The van der Waals surface area contributed by atoms with Crippen molar-refractivity contribution in [1.29, 1.82) is 0 Å². The second-order valence-corrected chi connectivity index (χ2v) is 10.6. The van der Waals surface area contributed by atoms with Crippen molar-refractivity contribution >= 4 is 12.0 Å². The van der Waals surface area contributed by atoms with E-state index < -0.39 is 41.0 Å². The molecular formula is C24H32F3N3O4. The standard InChI is InChI=1S/C24H32F3N3O4/c1-22(2,3)34-21(32)29-18-7-6-14(11-23(4,5)33)19(18)20(31)30-9-8-17-15(13-30)10-16(12-28-17)24(25,26)27/h6-7,10,12,14,18-19,33H,8-9,11,13H2,1-5H3,(H,29,32)/t14-,18+,19-/m0/s1. The molecule has 0 aromatic carbocycles. The van der Waals surface area contributed by atoms with Gasteiger partial charge in [0, 0.05) is 31.4 Å². The van der Waals surface area contributed by atoms with Gasteiger partial charge in [-0.2, -0.15) is 13.2 Å². The average Bonchev–Trinajstić information content (AvgIpc) is 3.04. The Morgan fingerprint density at radius 1 is 1.21 bits per heavy atom.